The van der Waals surface area contributed by atoms with Gasteiger partial charge in [0.2, 0.25) is 0 Å². The van der Waals surface area contributed by atoms with Gasteiger partial charge in [-0.15, -0.1) is 0 Å². The summed E-state index contributed by atoms with van der Waals surface area (Å²) in [6.45, 7) is 3.80. The molecule has 1 saturated heterocycles. The van der Waals surface area contributed by atoms with E-state index in [9.17, 15) is 4.79 Å². The molecule has 0 spiro atoms. The first kappa shape index (κ1) is 22.8. The fraction of sp³-hybridized carbons (Fsp3) is 0.391. The zero-order valence-electron chi connectivity index (χ0n) is 17.3. The van der Waals surface area contributed by atoms with E-state index in [0.29, 0.717) is 15.8 Å². The van der Waals surface area contributed by atoms with Gasteiger partial charge in [0.15, 0.2) is 0 Å². The number of carbonyl (C=O) groups is 1. The van der Waals surface area contributed by atoms with Gasteiger partial charge in [0.1, 0.15) is 5.71 Å². The quantitative estimate of drug-likeness (QED) is 0.455. The predicted octanol–water partition coefficient (Wildman–Crippen LogP) is 6.06. The number of nitrogens with zero attached hydrogens (tertiary/aromatic N) is 3. The summed E-state index contributed by atoms with van der Waals surface area (Å²) in [5.74, 6) is -0.253. The van der Waals surface area contributed by atoms with Crippen molar-refractivity contribution in [3.63, 3.8) is 0 Å². The van der Waals surface area contributed by atoms with E-state index in [0.717, 1.165) is 40.8 Å². The fourth-order valence-corrected chi connectivity index (χ4v) is 5.08. The van der Waals surface area contributed by atoms with Crippen molar-refractivity contribution >= 4 is 63.1 Å². The van der Waals surface area contributed by atoms with Gasteiger partial charge in [-0.3, -0.25) is 15.2 Å². The highest BCUT2D eigenvalue weighted by Crippen LogP contribution is 2.42. The molecule has 4 rings (SSSR count). The van der Waals surface area contributed by atoms with E-state index >= 15 is 0 Å². The number of hydrazine groups is 1. The summed E-state index contributed by atoms with van der Waals surface area (Å²) in [4.78, 5) is 13.2. The largest absolute Gasteiger partial charge is 0.284 e. The molecule has 1 amide bonds. The zero-order valence-corrected chi connectivity index (χ0v) is 21.0. The lowest BCUT2D eigenvalue weighted by atomic mass is 9.91. The topological polar surface area (TPSA) is 47.9 Å². The van der Waals surface area contributed by atoms with Crippen LogP contribution in [-0.2, 0) is 4.79 Å². The molecule has 2 aliphatic rings. The maximum absolute atomic E-state index is 13.2. The van der Waals surface area contributed by atoms with Gasteiger partial charge >= 0.3 is 0 Å². The molecule has 2 heterocycles. The van der Waals surface area contributed by atoms with Crippen LogP contribution in [0.2, 0.25) is 10.0 Å². The molecule has 2 aliphatic heterocycles. The number of amides is 1. The average molecular weight is 571 g/mol. The lowest BCUT2D eigenvalue weighted by molar-refractivity contribution is -0.119. The molecule has 8 heteroatoms. The first-order valence-corrected chi connectivity index (χ1v) is 12.4. The van der Waals surface area contributed by atoms with Gasteiger partial charge in [-0.2, -0.15) is 5.10 Å². The van der Waals surface area contributed by atoms with Crippen LogP contribution in [0.25, 0.3) is 0 Å². The summed E-state index contributed by atoms with van der Waals surface area (Å²) in [5, 5.41) is 9.75. The summed E-state index contributed by atoms with van der Waals surface area (Å²) in [5.41, 5.74) is 5.42. The Morgan fingerprint density at radius 1 is 1.06 bits per heavy atom. The normalized spacial score (nSPS) is 22.2. The number of hydrazone groups is 1. The Morgan fingerprint density at radius 3 is 2.39 bits per heavy atom. The van der Waals surface area contributed by atoms with E-state index < -0.39 is 0 Å². The van der Waals surface area contributed by atoms with E-state index in [1.807, 2.05) is 23.0 Å². The van der Waals surface area contributed by atoms with Gasteiger partial charge < -0.3 is 0 Å². The molecule has 31 heavy (non-hydrogen) atoms. The number of anilines is 1. The second kappa shape index (κ2) is 10.1. The number of benzene rings is 2. The van der Waals surface area contributed by atoms with Gasteiger partial charge in [0, 0.05) is 27.6 Å². The van der Waals surface area contributed by atoms with E-state index in [1.54, 1.807) is 12.1 Å². The van der Waals surface area contributed by atoms with Crippen molar-refractivity contribution in [1.29, 1.82) is 0 Å². The standard InChI is InChI=1S/C23H25Cl2IN4O/c1-15-21(23(31)28-29-12-4-2-3-5-13-29)27-30(20-11-8-17(24)14-19(20)25)22(15)16-6-9-18(26)10-7-16/h6-11,14-15,22H,2-5,12-13H2,1H3,(H,28,31)/t15-,22+/m0/s1. The van der Waals surface area contributed by atoms with Crippen LogP contribution in [0.5, 0.6) is 0 Å². The van der Waals surface area contributed by atoms with Crippen LogP contribution in [0.3, 0.4) is 0 Å². The summed E-state index contributed by atoms with van der Waals surface area (Å²) in [6.07, 6.45) is 4.61. The molecule has 164 valence electrons. The highest BCUT2D eigenvalue weighted by molar-refractivity contribution is 14.1. The molecular weight excluding hydrogens is 546 g/mol. The summed E-state index contributed by atoms with van der Waals surface area (Å²) in [7, 11) is 0. The molecule has 0 aromatic heterocycles. The third-order valence-electron chi connectivity index (χ3n) is 5.85. The van der Waals surface area contributed by atoms with Gasteiger partial charge in [-0.05, 0) is 71.3 Å². The molecular formula is C23H25Cl2IN4O. The molecule has 0 unspecified atom stereocenters. The van der Waals surface area contributed by atoms with Crippen LogP contribution in [0.1, 0.15) is 44.2 Å². The molecule has 2 aromatic carbocycles. The smallest absolute Gasteiger partial charge is 0.282 e. The van der Waals surface area contributed by atoms with Crippen molar-refractivity contribution in [2.24, 2.45) is 11.0 Å². The SMILES string of the molecule is C[C@H]1C(C(=O)NN2CCCCCC2)=NN(c2ccc(Cl)cc2Cl)[C@H]1c1ccc(I)cc1. The maximum Gasteiger partial charge on any atom is 0.282 e. The Kier molecular flexibility index (Phi) is 7.41. The molecule has 2 aromatic rings. The Bertz CT molecular complexity index is 974. The van der Waals surface area contributed by atoms with E-state index in [2.05, 4.69) is 52.3 Å². The highest BCUT2D eigenvalue weighted by Gasteiger charge is 2.40. The van der Waals surface area contributed by atoms with Crippen LogP contribution >= 0.6 is 45.8 Å². The number of hydrogen-bond donors (Lipinski definition) is 1. The summed E-state index contributed by atoms with van der Waals surface area (Å²) < 4.78 is 1.16. The fourth-order valence-electron chi connectivity index (χ4n) is 4.23. The molecule has 1 N–H and O–H groups in total. The van der Waals surface area contributed by atoms with E-state index in [1.165, 1.54) is 12.8 Å². The third-order valence-corrected chi connectivity index (χ3v) is 7.11. The van der Waals surface area contributed by atoms with Gasteiger partial charge in [-0.1, -0.05) is 55.1 Å². The molecule has 1 fully saturated rings. The number of carbonyl (C=O) groups excluding carboxylic acids is 1. The van der Waals surface area contributed by atoms with Crippen LogP contribution in [-0.4, -0.2) is 29.7 Å². The van der Waals surface area contributed by atoms with Crippen LogP contribution in [0, 0.1) is 9.49 Å². The van der Waals surface area contributed by atoms with Crippen molar-refractivity contribution in [2.45, 2.75) is 38.6 Å². The van der Waals surface area contributed by atoms with Crippen molar-refractivity contribution < 1.29 is 4.79 Å². The third kappa shape index (κ3) is 5.18. The minimum atomic E-state index is -0.141. The molecule has 5 nitrogen and oxygen atoms in total. The van der Waals surface area contributed by atoms with Crippen molar-refractivity contribution in [3.8, 4) is 0 Å². The van der Waals surface area contributed by atoms with Crippen LogP contribution in [0.4, 0.5) is 5.69 Å². The Hall–Kier alpha value is -1.35. The number of nitrogens with one attached hydrogen (secondary N) is 1. The van der Waals surface area contributed by atoms with Gasteiger partial charge in [-0.25, -0.2) is 5.01 Å². The van der Waals surface area contributed by atoms with Gasteiger partial charge in [0.25, 0.3) is 5.91 Å². The minimum Gasteiger partial charge on any atom is -0.284 e. The summed E-state index contributed by atoms with van der Waals surface area (Å²) >= 11 is 14.9. The molecule has 0 saturated carbocycles. The maximum atomic E-state index is 13.2. The van der Waals surface area contributed by atoms with Crippen LogP contribution in [0.15, 0.2) is 47.6 Å². The number of hydrogen-bond acceptors (Lipinski definition) is 4. The second-order valence-electron chi connectivity index (χ2n) is 8.05. The van der Waals surface area contributed by atoms with Crippen molar-refractivity contribution in [3.05, 3.63) is 61.6 Å². The van der Waals surface area contributed by atoms with E-state index in [4.69, 9.17) is 28.3 Å². The summed E-state index contributed by atoms with van der Waals surface area (Å²) in [6, 6.07) is 13.5. The predicted molar refractivity (Wildman–Crippen MR) is 136 cm³/mol. The lowest BCUT2D eigenvalue weighted by Crippen LogP contribution is -2.46. The monoisotopic (exact) mass is 570 g/mol. The molecule has 2 atom stereocenters. The first-order chi connectivity index (χ1) is 14.9. The van der Waals surface area contributed by atoms with Crippen LogP contribution < -0.4 is 10.4 Å². The Balaban J connectivity index is 1.66. The lowest BCUT2D eigenvalue weighted by Gasteiger charge is -2.28. The Labute approximate surface area is 206 Å². The Morgan fingerprint density at radius 2 is 1.74 bits per heavy atom. The van der Waals surface area contributed by atoms with Gasteiger partial charge in [0.05, 0.1) is 16.8 Å². The second-order valence-corrected chi connectivity index (χ2v) is 10.1. The molecule has 0 bridgehead atoms. The minimum absolute atomic E-state index is 0.112. The first-order valence-electron chi connectivity index (χ1n) is 10.6. The number of rotatable bonds is 4. The molecule has 0 aliphatic carbocycles. The van der Waals surface area contributed by atoms with E-state index in [-0.39, 0.29) is 17.9 Å². The number of halogens is 3. The van der Waals surface area contributed by atoms with Crippen molar-refractivity contribution in [2.75, 3.05) is 18.1 Å². The molecule has 0 radical (unpaired) electrons. The van der Waals surface area contributed by atoms with Crippen molar-refractivity contribution in [1.82, 2.24) is 10.4 Å². The highest BCUT2D eigenvalue weighted by atomic mass is 127. The zero-order chi connectivity index (χ0) is 22.0. The average Bonchev–Trinajstić information content (AvgIpc) is 2.89.